The third-order valence-corrected chi connectivity index (χ3v) is 5.42. The number of hydrogen-bond donors (Lipinski definition) is 0. The highest BCUT2D eigenvalue weighted by atomic mass is 32.2. The first-order chi connectivity index (χ1) is 9.76. The van der Waals surface area contributed by atoms with E-state index in [9.17, 15) is 4.79 Å². The van der Waals surface area contributed by atoms with Crippen LogP contribution in [-0.2, 0) is 0 Å². The molecule has 0 spiro atoms. The largest absolute Gasteiger partial charge is 0.289 e. The van der Waals surface area contributed by atoms with Crippen molar-refractivity contribution >= 4 is 22.8 Å². The van der Waals surface area contributed by atoms with Crippen LogP contribution in [0.2, 0.25) is 0 Å². The lowest BCUT2D eigenvalue weighted by atomic mass is 9.95. The summed E-state index contributed by atoms with van der Waals surface area (Å²) in [6, 6.07) is 3.84. The summed E-state index contributed by atoms with van der Waals surface area (Å²) < 4.78 is 1.94. The summed E-state index contributed by atoms with van der Waals surface area (Å²) in [6.45, 7) is 0. The van der Waals surface area contributed by atoms with E-state index in [-0.39, 0.29) is 5.56 Å². The zero-order chi connectivity index (χ0) is 13.7. The van der Waals surface area contributed by atoms with Gasteiger partial charge >= 0.3 is 0 Å². The monoisotopic (exact) mass is 287 g/mol. The average molecular weight is 287 g/mol. The molecule has 3 unspecified atom stereocenters. The molecule has 2 heterocycles. The van der Waals surface area contributed by atoms with E-state index in [0.717, 1.165) is 28.5 Å². The minimum Gasteiger partial charge on any atom is -0.289 e. The number of thioether (sulfide) groups is 1. The fourth-order valence-corrected chi connectivity index (χ4v) is 4.30. The molecule has 2 aromatic rings. The maximum Gasteiger partial charge on any atom is 0.252 e. The maximum absolute atomic E-state index is 12.4. The Morgan fingerprint density at radius 2 is 2.20 bits per heavy atom. The normalized spacial score (nSPS) is 28.4. The SMILES string of the molecule is CSc1ncc2ccc(=O)n(C3CC4CCC3C4)c2n1. The summed E-state index contributed by atoms with van der Waals surface area (Å²) in [7, 11) is 0. The molecule has 3 atom stereocenters. The van der Waals surface area contributed by atoms with Gasteiger partial charge in [0.1, 0.15) is 5.65 Å². The second kappa shape index (κ2) is 4.58. The Balaban J connectivity index is 1.92. The van der Waals surface area contributed by atoms with Crippen molar-refractivity contribution in [3.05, 3.63) is 28.7 Å². The topological polar surface area (TPSA) is 47.8 Å². The quantitative estimate of drug-likeness (QED) is 0.629. The molecule has 5 heteroatoms. The molecule has 2 aliphatic rings. The molecule has 104 valence electrons. The van der Waals surface area contributed by atoms with Gasteiger partial charge in [-0.25, -0.2) is 9.97 Å². The van der Waals surface area contributed by atoms with E-state index in [0.29, 0.717) is 12.0 Å². The van der Waals surface area contributed by atoms with Crippen molar-refractivity contribution in [1.29, 1.82) is 0 Å². The van der Waals surface area contributed by atoms with E-state index in [1.165, 1.54) is 31.0 Å². The van der Waals surface area contributed by atoms with Crippen LogP contribution in [-0.4, -0.2) is 20.8 Å². The van der Waals surface area contributed by atoms with Gasteiger partial charge in [0.05, 0.1) is 0 Å². The van der Waals surface area contributed by atoms with Gasteiger partial charge in [-0.15, -0.1) is 0 Å². The van der Waals surface area contributed by atoms with Gasteiger partial charge in [-0.05, 0) is 43.4 Å². The molecule has 0 saturated heterocycles. The average Bonchev–Trinajstić information content (AvgIpc) is 3.09. The third kappa shape index (κ3) is 1.79. The molecule has 2 bridgehead atoms. The van der Waals surface area contributed by atoms with Crippen molar-refractivity contribution in [3.63, 3.8) is 0 Å². The van der Waals surface area contributed by atoms with Crippen LogP contribution in [0.1, 0.15) is 31.7 Å². The van der Waals surface area contributed by atoms with Crippen molar-refractivity contribution in [2.24, 2.45) is 11.8 Å². The van der Waals surface area contributed by atoms with Gasteiger partial charge in [-0.3, -0.25) is 9.36 Å². The first-order valence-corrected chi connectivity index (χ1v) is 8.41. The molecule has 4 rings (SSSR count). The number of rotatable bonds is 2. The van der Waals surface area contributed by atoms with Crippen LogP contribution in [0.25, 0.3) is 11.0 Å². The van der Waals surface area contributed by atoms with E-state index in [1.807, 2.05) is 23.1 Å². The molecule has 2 aromatic heterocycles. The molecule has 0 radical (unpaired) electrons. The summed E-state index contributed by atoms with van der Waals surface area (Å²) in [4.78, 5) is 21.3. The van der Waals surface area contributed by atoms with Crippen LogP contribution in [0.15, 0.2) is 28.3 Å². The van der Waals surface area contributed by atoms with E-state index >= 15 is 0 Å². The molecule has 4 nitrogen and oxygen atoms in total. The Hall–Kier alpha value is -1.36. The Kier molecular flexibility index (Phi) is 2.84. The van der Waals surface area contributed by atoms with E-state index in [1.54, 1.807) is 6.07 Å². The van der Waals surface area contributed by atoms with E-state index < -0.39 is 0 Å². The van der Waals surface area contributed by atoms with Crippen molar-refractivity contribution < 1.29 is 0 Å². The molecule has 0 amide bonds. The predicted molar refractivity (Wildman–Crippen MR) is 80.1 cm³/mol. The molecule has 2 saturated carbocycles. The smallest absolute Gasteiger partial charge is 0.252 e. The van der Waals surface area contributed by atoms with Gasteiger partial charge in [0, 0.05) is 23.7 Å². The Morgan fingerprint density at radius 1 is 1.30 bits per heavy atom. The molecular weight excluding hydrogens is 270 g/mol. The van der Waals surface area contributed by atoms with E-state index in [4.69, 9.17) is 0 Å². The minimum absolute atomic E-state index is 0.0841. The molecule has 0 aromatic carbocycles. The van der Waals surface area contributed by atoms with Crippen molar-refractivity contribution in [2.45, 2.75) is 36.9 Å². The van der Waals surface area contributed by atoms with Crippen LogP contribution in [0, 0.1) is 11.8 Å². The lowest BCUT2D eigenvalue weighted by molar-refractivity contribution is 0.329. The number of nitrogens with zero attached hydrogens (tertiary/aromatic N) is 3. The first-order valence-electron chi connectivity index (χ1n) is 7.18. The van der Waals surface area contributed by atoms with Gasteiger partial charge < -0.3 is 0 Å². The minimum atomic E-state index is 0.0841. The number of pyridine rings is 1. The van der Waals surface area contributed by atoms with Gasteiger partial charge in [0.15, 0.2) is 5.16 Å². The maximum atomic E-state index is 12.4. The number of fused-ring (bicyclic) bond motifs is 3. The summed E-state index contributed by atoms with van der Waals surface area (Å²) in [5.74, 6) is 1.48. The van der Waals surface area contributed by atoms with Crippen LogP contribution in [0.5, 0.6) is 0 Å². The summed E-state index contributed by atoms with van der Waals surface area (Å²) in [5.41, 5.74) is 0.898. The van der Waals surface area contributed by atoms with Gasteiger partial charge in [-0.2, -0.15) is 0 Å². The lowest BCUT2D eigenvalue weighted by Crippen LogP contribution is -2.28. The summed E-state index contributed by atoms with van der Waals surface area (Å²) in [6.07, 6.45) is 8.82. The van der Waals surface area contributed by atoms with Crippen molar-refractivity contribution in [1.82, 2.24) is 14.5 Å². The van der Waals surface area contributed by atoms with Crippen molar-refractivity contribution in [2.75, 3.05) is 6.26 Å². The van der Waals surface area contributed by atoms with Crippen molar-refractivity contribution in [3.8, 4) is 0 Å². The number of hydrogen-bond acceptors (Lipinski definition) is 4. The fourth-order valence-electron chi connectivity index (χ4n) is 3.97. The Morgan fingerprint density at radius 3 is 2.90 bits per heavy atom. The van der Waals surface area contributed by atoms with Crippen LogP contribution >= 0.6 is 11.8 Å². The predicted octanol–water partition coefficient (Wildman–Crippen LogP) is 2.87. The second-order valence-corrected chi connectivity index (χ2v) is 6.69. The Bertz CT molecular complexity index is 727. The lowest BCUT2D eigenvalue weighted by Gasteiger charge is -2.25. The molecule has 2 fully saturated rings. The van der Waals surface area contributed by atoms with Gasteiger partial charge in [0.2, 0.25) is 0 Å². The number of aromatic nitrogens is 3. The Labute approximate surface area is 121 Å². The standard InChI is InChI=1S/C15H17N3OS/c1-20-15-16-8-11-4-5-13(19)18(14(11)17-15)12-7-9-2-3-10(12)6-9/h4-5,8-10,12H,2-3,6-7H2,1H3. The van der Waals surface area contributed by atoms with E-state index in [2.05, 4.69) is 9.97 Å². The summed E-state index contributed by atoms with van der Waals surface area (Å²) >= 11 is 1.52. The highest BCUT2D eigenvalue weighted by Crippen LogP contribution is 2.50. The van der Waals surface area contributed by atoms with Crippen LogP contribution in [0.4, 0.5) is 0 Å². The molecule has 20 heavy (non-hydrogen) atoms. The zero-order valence-corrected chi connectivity index (χ0v) is 12.3. The summed E-state index contributed by atoms with van der Waals surface area (Å²) in [5, 5.41) is 1.70. The molecule has 0 aliphatic heterocycles. The first kappa shape index (κ1) is 12.4. The van der Waals surface area contributed by atoms with Crippen LogP contribution < -0.4 is 5.56 Å². The van der Waals surface area contributed by atoms with Gasteiger partial charge in [-0.1, -0.05) is 18.2 Å². The van der Waals surface area contributed by atoms with Gasteiger partial charge in [0.25, 0.3) is 5.56 Å². The second-order valence-electron chi connectivity index (χ2n) is 5.92. The zero-order valence-electron chi connectivity index (χ0n) is 11.5. The molecule has 0 N–H and O–H groups in total. The third-order valence-electron chi connectivity index (χ3n) is 4.86. The molecule has 2 aliphatic carbocycles. The fraction of sp³-hybridized carbons (Fsp3) is 0.533. The highest BCUT2D eigenvalue weighted by molar-refractivity contribution is 7.98. The highest BCUT2D eigenvalue weighted by Gasteiger charge is 2.41. The van der Waals surface area contributed by atoms with Crippen LogP contribution in [0.3, 0.4) is 0 Å². The molecular formula is C15H17N3OS.